The van der Waals surface area contributed by atoms with Crippen molar-refractivity contribution < 1.29 is 39.0 Å². The maximum atomic E-state index is 12.7. The Morgan fingerprint density at radius 1 is 0.806 bits per heavy atom. The minimum absolute atomic E-state index is 0.0443. The van der Waals surface area contributed by atoms with E-state index in [4.69, 9.17) is 28.0 Å². The first-order chi connectivity index (χ1) is 16.6. The van der Waals surface area contributed by atoms with Gasteiger partial charge < -0.3 is 49.1 Å². The number of hydrogen-bond acceptors (Lipinski definition) is 8. The number of nitrogens with one attached hydrogen (secondary N) is 3. The Kier molecular flexibility index (Phi) is 14.1. The minimum atomic E-state index is -1.65. The fourth-order valence-corrected chi connectivity index (χ4v) is 2.99. The van der Waals surface area contributed by atoms with E-state index in [1.54, 1.807) is 0 Å². The maximum Gasteiger partial charge on any atom is 0.326 e. The topological polar surface area (TPSA) is 295 Å². The fraction of sp³-hybridized carbons (Fsp3) is 0.650. The maximum absolute atomic E-state index is 12.7. The van der Waals surface area contributed by atoms with E-state index in [1.165, 1.54) is 0 Å². The van der Waals surface area contributed by atoms with Crippen LogP contribution >= 0.6 is 0 Å². The van der Waals surface area contributed by atoms with Crippen LogP contribution in [0.3, 0.4) is 0 Å². The lowest BCUT2D eigenvalue weighted by Crippen LogP contribution is -2.58. The van der Waals surface area contributed by atoms with Gasteiger partial charge in [-0.05, 0) is 25.2 Å². The Labute approximate surface area is 207 Å². The summed E-state index contributed by atoms with van der Waals surface area (Å²) in [6, 6.07) is -5.71. The monoisotopic (exact) mass is 516 g/mol. The van der Waals surface area contributed by atoms with Gasteiger partial charge in [0.2, 0.25) is 23.6 Å². The van der Waals surface area contributed by atoms with Crippen molar-refractivity contribution in [3.63, 3.8) is 0 Å². The molecule has 0 saturated carbocycles. The molecule has 0 aromatic rings. The van der Waals surface area contributed by atoms with Crippen molar-refractivity contribution in [2.75, 3.05) is 6.54 Å². The summed E-state index contributed by atoms with van der Waals surface area (Å²) in [5.41, 5.74) is 21.3. The van der Waals surface area contributed by atoms with Crippen molar-refractivity contribution in [2.45, 2.75) is 70.1 Å². The molecule has 0 aromatic heterocycles. The van der Waals surface area contributed by atoms with Gasteiger partial charge in [0.25, 0.3) is 0 Å². The van der Waals surface area contributed by atoms with E-state index in [9.17, 15) is 33.9 Å². The van der Waals surface area contributed by atoms with Crippen LogP contribution in [0, 0.1) is 5.92 Å². The van der Waals surface area contributed by atoms with Crippen LogP contribution in [0.2, 0.25) is 0 Å². The number of nitrogens with zero attached hydrogens (tertiary/aromatic N) is 1. The van der Waals surface area contributed by atoms with Crippen molar-refractivity contribution >= 4 is 41.5 Å². The van der Waals surface area contributed by atoms with Gasteiger partial charge in [-0.3, -0.25) is 29.0 Å². The predicted octanol–water partition coefficient (Wildman–Crippen LogP) is -3.70. The normalized spacial score (nSPS) is 14.0. The summed E-state index contributed by atoms with van der Waals surface area (Å²) in [6.45, 7) is 3.72. The number of carbonyl (C=O) groups is 6. The molecule has 0 aliphatic carbocycles. The van der Waals surface area contributed by atoms with Gasteiger partial charge in [-0.25, -0.2) is 4.79 Å². The van der Waals surface area contributed by atoms with Crippen LogP contribution < -0.4 is 38.9 Å². The molecule has 0 aliphatic heterocycles. The lowest BCUT2D eigenvalue weighted by Gasteiger charge is -2.24. The Morgan fingerprint density at radius 2 is 1.31 bits per heavy atom. The molecule has 0 spiro atoms. The second-order valence-electron chi connectivity index (χ2n) is 8.47. The number of carboxylic acid groups (broad SMARTS) is 2. The highest BCUT2D eigenvalue weighted by atomic mass is 16.4. The molecule has 16 nitrogen and oxygen atoms in total. The molecule has 0 rings (SSSR count). The van der Waals surface area contributed by atoms with E-state index in [-0.39, 0.29) is 37.7 Å². The first-order valence-electron chi connectivity index (χ1n) is 11.1. The molecular formula is C20H36N8O8. The molecule has 36 heavy (non-hydrogen) atoms. The molecule has 4 atom stereocenters. The molecule has 13 N–H and O–H groups in total. The van der Waals surface area contributed by atoms with Gasteiger partial charge in [-0.1, -0.05) is 13.8 Å². The highest BCUT2D eigenvalue weighted by Crippen LogP contribution is 2.05. The Bertz CT molecular complexity index is 844. The number of aliphatic imine (C=N–C) groups is 1. The number of carbonyl (C=O) groups excluding carboxylic acids is 4. The Balaban J connectivity index is 5.50. The number of rotatable bonds is 17. The summed E-state index contributed by atoms with van der Waals surface area (Å²) in [4.78, 5) is 75.6. The van der Waals surface area contributed by atoms with Gasteiger partial charge in [0, 0.05) is 6.54 Å². The molecule has 0 fully saturated rings. The molecule has 4 unspecified atom stereocenters. The highest BCUT2D eigenvalue weighted by Gasteiger charge is 2.32. The molecule has 204 valence electrons. The van der Waals surface area contributed by atoms with Crippen molar-refractivity contribution in [3.8, 4) is 0 Å². The van der Waals surface area contributed by atoms with Gasteiger partial charge in [0.1, 0.15) is 18.1 Å². The van der Waals surface area contributed by atoms with E-state index in [0.717, 1.165) is 0 Å². The number of primary amides is 1. The van der Waals surface area contributed by atoms with Crippen molar-refractivity contribution in [2.24, 2.45) is 33.8 Å². The molecular weight excluding hydrogens is 480 g/mol. The highest BCUT2D eigenvalue weighted by molar-refractivity contribution is 5.97. The van der Waals surface area contributed by atoms with E-state index >= 15 is 0 Å². The lowest BCUT2D eigenvalue weighted by molar-refractivity contribution is -0.143. The third-order valence-electron chi connectivity index (χ3n) is 4.67. The zero-order chi connectivity index (χ0) is 28.0. The molecule has 0 aliphatic rings. The summed E-state index contributed by atoms with van der Waals surface area (Å²) in [5.74, 6) is -6.94. The molecule has 16 heteroatoms. The average Bonchev–Trinajstić information content (AvgIpc) is 2.73. The largest absolute Gasteiger partial charge is 0.481 e. The van der Waals surface area contributed by atoms with Crippen molar-refractivity contribution in [1.82, 2.24) is 16.0 Å². The number of carboxylic acids is 2. The number of hydrogen-bond donors (Lipinski definition) is 9. The van der Waals surface area contributed by atoms with Gasteiger partial charge in [-0.2, -0.15) is 0 Å². The summed E-state index contributed by atoms with van der Waals surface area (Å²) in [7, 11) is 0. The van der Waals surface area contributed by atoms with E-state index in [0.29, 0.717) is 0 Å². The molecule has 4 amide bonds. The number of guanidine groups is 1. The van der Waals surface area contributed by atoms with Crippen molar-refractivity contribution in [1.29, 1.82) is 0 Å². The summed E-state index contributed by atoms with van der Waals surface area (Å²) in [5, 5.41) is 25.1. The fourth-order valence-electron chi connectivity index (χ4n) is 2.99. The molecule has 0 aromatic carbocycles. The number of amides is 4. The van der Waals surface area contributed by atoms with Gasteiger partial charge >= 0.3 is 11.9 Å². The minimum Gasteiger partial charge on any atom is -0.481 e. The smallest absolute Gasteiger partial charge is 0.326 e. The zero-order valence-electron chi connectivity index (χ0n) is 20.2. The summed E-state index contributed by atoms with van der Waals surface area (Å²) < 4.78 is 0. The molecule has 0 bridgehead atoms. The van der Waals surface area contributed by atoms with Gasteiger partial charge in [0.05, 0.1) is 18.9 Å². The number of nitrogens with two attached hydrogens (primary N) is 4. The lowest BCUT2D eigenvalue weighted by atomic mass is 10.0. The first-order valence-corrected chi connectivity index (χ1v) is 11.1. The van der Waals surface area contributed by atoms with Crippen LogP contribution in [-0.2, 0) is 28.8 Å². The standard InChI is InChI=1S/C20H36N8O8/c1-9(2)6-10(21)16(32)27-13(8-15(30)31)18(34)28-12(7-14(22)29)17(33)26-11(19(35)36)4-3-5-25-20(23)24/h9-13H,3-8,21H2,1-2H3,(H2,22,29)(H,26,33)(H,27,32)(H,28,34)(H,30,31)(H,35,36)(H4,23,24,25). The molecule has 0 radical (unpaired) electrons. The second kappa shape index (κ2) is 15.9. The Hall–Kier alpha value is -3.95. The van der Waals surface area contributed by atoms with Gasteiger partial charge in [-0.15, -0.1) is 0 Å². The van der Waals surface area contributed by atoms with Crippen LogP contribution in [-0.4, -0.2) is 82.5 Å². The molecule has 0 heterocycles. The van der Waals surface area contributed by atoms with E-state index in [1.807, 2.05) is 13.8 Å². The van der Waals surface area contributed by atoms with Crippen LogP contribution in [0.5, 0.6) is 0 Å². The van der Waals surface area contributed by atoms with Crippen LogP contribution in [0.25, 0.3) is 0 Å². The van der Waals surface area contributed by atoms with Gasteiger partial charge in [0.15, 0.2) is 5.96 Å². The average molecular weight is 517 g/mol. The van der Waals surface area contributed by atoms with Crippen LogP contribution in [0.15, 0.2) is 4.99 Å². The third-order valence-corrected chi connectivity index (χ3v) is 4.67. The molecule has 0 saturated heterocycles. The second-order valence-corrected chi connectivity index (χ2v) is 8.47. The zero-order valence-corrected chi connectivity index (χ0v) is 20.2. The van der Waals surface area contributed by atoms with Crippen LogP contribution in [0.4, 0.5) is 0 Å². The third kappa shape index (κ3) is 13.7. The van der Waals surface area contributed by atoms with E-state index in [2.05, 4.69) is 20.9 Å². The van der Waals surface area contributed by atoms with Crippen molar-refractivity contribution in [3.05, 3.63) is 0 Å². The predicted molar refractivity (Wildman–Crippen MR) is 127 cm³/mol. The number of aliphatic carboxylic acids is 2. The quantitative estimate of drug-likeness (QED) is 0.0514. The first kappa shape index (κ1) is 32.0. The SMILES string of the molecule is CC(C)CC(N)C(=O)NC(CC(=O)O)C(=O)NC(CC(N)=O)C(=O)NC(CCCN=C(N)N)C(=O)O. The summed E-state index contributed by atoms with van der Waals surface area (Å²) >= 11 is 0. The summed E-state index contributed by atoms with van der Waals surface area (Å²) in [6.07, 6.45) is -1.20. The van der Waals surface area contributed by atoms with E-state index < -0.39 is 72.6 Å². The van der Waals surface area contributed by atoms with Crippen LogP contribution in [0.1, 0.15) is 46.0 Å². The Morgan fingerprint density at radius 3 is 1.75 bits per heavy atom.